The van der Waals surface area contributed by atoms with Crippen molar-refractivity contribution in [3.63, 3.8) is 0 Å². The molecular weight excluding hydrogens is 248 g/mol. The lowest BCUT2D eigenvalue weighted by Gasteiger charge is -2.12. The first-order chi connectivity index (χ1) is 9.01. The number of hydrogen-bond donors (Lipinski definition) is 1. The molecule has 1 fully saturated rings. The molecule has 1 amide bonds. The molecule has 6 nitrogen and oxygen atoms in total. The van der Waals surface area contributed by atoms with Gasteiger partial charge in [0, 0.05) is 31.8 Å². The zero-order valence-electron chi connectivity index (χ0n) is 10.9. The number of nitrogens with zero attached hydrogens (tertiary/aromatic N) is 1. The van der Waals surface area contributed by atoms with E-state index in [1.807, 2.05) is 0 Å². The minimum atomic E-state index is -0.704. The molecule has 0 spiro atoms. The second-order valence-corrected chi connectivity index (χ2v) is 4.44. The van der Waals surface area contributed by atoms with Gasteiger partial charge >= 0.3 is 5.97 Å². The number of ether oxygens (including phenoxy) is 2. The van der Waals surface area contributed by atoms with Crippen molar-refractivity contribution in [3.05, 3.63) is 23.8 Å². The summed E-state index contributed by atoms with van der Waals surface area (Å²) >= 11 is 0. The molecule has 2 N–H and O–H groups in total. The second kappa shape index (κ2) is 5.17. The molecule has 0 radical (unpaired) electrons. The number of nitrogens with two attached hydrogens (primary N) is 1. The van der Waals surface area contributed by atoms with E-state index < -0.39 is 12.1 Å². The van der Waals surface area contributed by atoms with Gasteiger partial charge < -0.3 is 20.1 Å². The van der Waals surface area contributed by atoms with E-state index in [9.17, 15) is 9.59 Å². The van der Waals surface area contributed by atoms with Crippen LogP contribution in [0.5, 0.6) is 5.75 Å². The lowest BCUT2D eigenvalue weighted by molar-refractivity contribution is -0.133. The number of anilines is 1. The number of esters is 1. The van der Waals surface area contributed by atoms with Crippen LogP contribution in [0.3, 0.4) is 0 Å². The molecule has 2 rings (SSSR count). The Balaban J connectivity index is 2.12. The third kappa shape index (κ3) is 2.78. The van der Waals surface area contributed by atoms with Crippen molar-refractivity contribution in [1.29, 1.82) is 0 Å². The third-order valence-electron chi connectivity index (χ3n) is 3.03. The van der Waals surface area contributed by atoms with Crippen molar-refractivity contribution in [3.8, 4) is 5.75 Å². The minimum absolute atomic E-state index is 0.177. The number of methoxy groups -OCH3 is 1. The van der Waals surface area contributed by atoms with E-state index in [2.05, 4.69) is 0 Å². The average Bonchev–Trinajstić information content (AvgIpc) is 2.70. The zero-order chi connectivity index (χ0) is 14.0. The fourth-order valence-corrected chi connectivity index (χ4v) is 1.95. The Hall–Kier alpha value is -2.24. The topological polar surface area (TPSA) is 81.9 Å². The molecule has 0 bridgehead atoms. The molecule has 1 aromatic carbocycles. The number of hydrogen-bond acceptors (Lipinski definition) is 5. The summed E-state index contributed by atoms with van der Waals surface area (Å²) in [4.78, 5) is 25.2. The summed E-state index contributed by atoms with van der Waals surface area (Å²) in [6, 6.07) is 4.63. The molecule has 1 heterocycles. The monoisotopic (exact) mass is 264 g/mol. The van der Waals surface area contributed by atoms with Gasteiger partial charge in [0.15, 0.2) is 6.10 Å². The van der Waals surface area contributed by atoms with Crippen LogP contribution in [-0.4, -0.2) is 43.6 Å². The van der Waals surface area contributed by atoms with Gasteiger partial charge in [0.25, 0.3) is 5.91 Å². The number of carbonyl (C=O) groups is 2. The standard InChI is InChI=1S/C13H16N2O4/c1-15-4-3-11(12(15)16)19-13(17)8-5-9(14)7-10(6-8)18-2/h5-7,11H,3-4,14H2,1-2H3. The molecule has 1 atom stereocenters. The lowest BCUT2D eigenvalue weighted by atomic mass is 10.2. The van der Waals surface area contributed by atoms with E-state index in [4.69, 9.17) is 15.2 Å². The van der Waals surface area contributed by atoms with E-state index in [1.54, 1.807) is 13.1 Å². The Kier molecular flexibility index (Phi) is 3.59. The van der Waals surface area contributed by atoms with Crippen molar-refractivity contribution in [2.75, 3.05) is 26.4 Å². The lowest BCUT2D eigenvalue weighted by Crippen LogP contribution is -2.29. The molecule has 1 unspecified atom stereocenters. The van der Waals surface area contributed by atoms with Gasteiger partial charge in [-0.3, -0.25) is 4.79 Å². The number of likely N-dealkylation sites (N-methyl/N-ethyl adjacent to an activating group) is 1. The first kappa shape index (κ1) is 13.2. The van der Waals surface area contributed by atoms with Crippen LogP contribution in [0, 0.1) is 0 Å². The van der Waals surface area contributed by atoms with Crippen molar-refractivity contribution < 1.29 is 19.1 Å². The largest absolute Gasteiger partial charge is 0.497 e. The number of carbonyl (C=O) groups excluding carboxylic acids is 2. The van der Waals surface area contributed by atoms with Crippen molar-refractivity contribution in [2.24, 2.45) is 0 Å². The van der Waals surface area contributed by atoms with Crippen molar-refractivity contribution in [2.45, 2.75) is 12.5 Å². The van der Waals surface area contributed by atoms with Crippen LogP contribution in [0.1, 0.15) is 16.8 Å². The minimum Gasteiger partial charge on any atom is -0.497 e. The van der Waals surface area contributed by atoms with Gasteiger partial charge in [-0.1, -0.05) is 0 Å². The van der Waals surface area contributed by atoms with Crippen LogP contribution in [-0.2, 0) is 9.53 Å². The van der Waals surface area contributed by atoms with Crippen LogP contribution in [0.25, 0.3) is 0 Å². The molecule has 1 saturated heterocycles. The highest BCUT2D eigenvalue weighted by Crippen LogP contribution is 2.21. The van der Waals surface area contributed by atoms with E-state index in [-0.39, 0.29) is 11.5 Å². The van der Waals surface area contributed by atoms with Crippen LogP contribution in [0.15, 0.2) is 18.2 Å². The molecule has 1 aliphatic rings. The number of rotatable bonds is 3. The summed E-state index contributed by atoms with van der Waals surface area (Å²) in [6.07, 6.45) is -0.189. The van der Waals surface area contributed by atoms with E-state index in [1.165, 1.54) is 24.1 Å². The van der Waals surface area contributed by atoms with Gasteiger partial charge in [0.05, 0.1) is 12.7 Å². The smallest absolute Gasteiger partial charge is 0.339 e. The van der Waals surface area contributed by atoms with Gasteiger partial charge in [-0.2, -0.15) is 0 Å². The van der Waals surface area contributed by atoms with Crippen LogP contribution < -0.4 is 10.5 Å². The van der Waals surface area contributed by atoms with Crippen molar-refractivity contribution in [1.82, 2.24) is 4.90 Å². The fourth-order valence-electron chi connectivity index (χ4n) is 1.95. The molecule has 1 aromatic rings. The van der Waals surface area contributed by atoms with Gasteiger partial charge in [0.2, 0.25) is 0 Å². The zero-order valence-corrected chi connectivity index (χ0v) is 10.9. The molecule has 1 aliphatic heterocycles. The maximum Gasteiger partial charge on any atom is 0.339 e. The average molecular weight is 264 g/mol. The van der Waals surface area contributed by atoms with E-state index in [0.717, 1.165) is 0 Å². The van der Waals surface area contributed by atoms with Crippen LogP contribution in [0.4, 0.5) is 5.69 Å². The second-order valence-electron chi connectivity index (χ2n) is 4.44. The first-order valence-electron chi connectivity index (χ1n) is 5.92. The molecule has 102 valence electrons. The molecule has 19 heavy (non-hydrogen) atoms. The summed E-state index contributed by atoms with van der Waals surface area (Å²) in [6.45, 7) is 0.594. The summed E-state index contributed by atoms with van der Waals surface area (Å²) < 4.78 is 10.2. The van der Waals surface area contributed by atoms with Crippen LogP contribution >= 0.6 is 0 Å². The van der Waals surface area contributed by atoms with Gasteiger partial charge in [-0.05, 0) is 12.1 Å². The molecule has 6 heteroatoms. The van der Waals surface area contributed by atoms with Gasteiger partial charge in [0.1, 0.15) is 5.75 Å². The molecular formula is C13H16N2O4. The predicted octanol–water partition coefficient (Wildman–Crippen LogP) is 0.665. The molecule has 0 aliphatic carbocycles. The summed E-state index contributed by atoms with van der Waals surface area (Å²) in [7, 11) is 3.17. The molecule has 0 saturated carbocycles. The Bertz CT molecular complexity index is 515. The normalized spacial score (nSPS) is 18.5. The highest BCUT2D eigenvalue weighted by molar-refractivity contribution is 5.94. The number of benzene rings is 1. The quantitative estimate of drug-likeness (QED) is 0.640. The number of likely N-dealkylation sites (tertiary alicyclic amines) is 1. The Labute approximate surface area is 111 Å². The Morgan fingerprint density at radius 3 is 2.74 bits per heavy atom. The highest BCUT2D eigenvalue weighted by Gasteiger charge is 2.32. The highest BCUT2D eigenvalue weighted by atomic mass is 16.5. The predicted molar refractivity (Wildman–Crippen MR) is 68.9 cm³/mol. The molecule has 0 aromatic heterocycles. The van der Waals surface area contributed by atoms with Gasteiger partial charge in [-0.25, -0.2) is 4.79 Å². The summed E-state index contributed by atoms with van der Waals surface area (Å²) in [5, 5.41) is 0. The SMILES string of the molecule is COc1cc(N)cc(C(=O)OC2CCN(C)C2=O)c1. The number of nitrogen functional groups attached to an aromatic ring is 1. The van der Waals surface area contributed by atoms with Crippen molar-refractivity contribution >= 4 is 17.6 Å². The number of amides is 1. The maximum absolute atomic E-state index is 12.0. The third-order valence-corrected chi connectivity index (χ3v) is 3.03. The Morgan fingerprint density at radius 1 is 1.42 bits per heavy atom. The first-order valence-corrected chi connectivity index (χ1v) is 5.92. The van der Waals surface area contributed by atoms with Crippen LogP contribution in [0.2, 0.25) is 0 Å². The summed E-state index contributed by atoms with van der Waals surface area (Å²) in [5.74, 6) is -0.273. The fraction of sp³-hybridized carbons (Fsp3) is 0.385. The van der Waals surface area contributed by atoms with Gasteiger partial charge in [-0.15, -0.1) is 0 Å². The van der Waals surface area contributed by atoms with E-state index in [0.29, 0.717) is 24.4 Å². The summed E-state index contributed by atoms with van der Waals surface area (Å²) in [5.41, 5.74) is 6.35. The van der Waals surface area contributed by atoms with E-state index >= 15 is 0 Å². The Morgan fingerprint density at radius 2 is 2.16 bits per heavy atom. The maximum atomic E-state index is 12.0.